The predicted molar refractivity (Wildman–Crippen MR) is 89.6 cm³/mol. The minimum Gasteiger partial charge on any atom is -0.489 e. The second-order valence-corrected chi connectivity index (χ2v) is 5.94. The molecule has 4 heteroatoms. The molecule has 0 amide bonds. The Bertz CT molecular complexity index is 649. The lowest BCUT2D eigenvalue weighted by Gasteiger charge is -2.14. The molecule has 0 fully saturated rings. The smallest absolute Gasteiger partial charge is 0.126 e. The number of rotatable bonds is 4. The average Bonchev–Trinajstić information content (AvgIpc) is 2.95. The third kappa shape index (κ3) is 3.54. The van der Waals surface area contributed by atoms with Crippen molar-refractivity contribution in [3.63, 3.8) is 0 Å². The lowest BCUT2D eigenvalue weighted by Crippen LogP contribution is -2.20. The Labute approximate surface area is 136 Å². The molecule has 2 aromatic rings. The number of hydrogen-bond acceptors (Lipinski definition) is 3. The summed E-state index contributed by atoms with van der Waals surface area (Å²) in [6, 6.07) is 7.71. The Morgan fingerprint density at radius 1 is 1.23 bits per heavy atom. The molecule has 0 atom stereocenters. The van der Waals surface area contributed by atoms with Crippen LogP contribution in [0.5, 0.6) is 5.75 Å². The molecule has 0 spiro atoms. The van der Waals surface area contributed by atoms with E-state index in [9.17, 15) is 0 Å². The van der Waals surface area contributed by atoms with E-state index >= 15 is 0 Å². The van der Waals surface area contributed by atoms with E-state index in [1.165, 1.54) is 11.1 Å². The van der Waals surface area contributed by atoms with Crippen molar-refractivity contribution in [2.75, 3.05) is 26.7 Å². The van der Waals surface area contributed by atoms with Gasteiger partial charge in [-0.05, 0) is 61.9 Å². The fourth-order valence-electron chi connectivity index (χ4n) is 2.73. The summed E-state index contributed by atoms with van der Waals surface area (Å²) in [4.78, 5) is 2.33. The van der Waals surface area contributed by atoms with Gasteiger partial charge in [0.2, 0.25) is 0 Å². The van der Waals surface area contributed by atoms with Crippen LogP contribution in [0.15, 0.2) is 41.0 Å². The van der Waals surface area contributed by atoms with E-state index in [1.54, 1.807) is 6.26 Å². The minimum absolute atomic E-state index is 0.518. The summed E-state index contributed by atoms with van der Waals surface area (Å²) in [5.74, 6) is 1.78. The van der Waals surface area contributed by atoms with Crippen LogP contribution in [0.25, 0.3) is 6.08 Å². The molecule has 3 rings (SSSR count). The van der Waals surface area contributed by atoms with Crippen molar-refractivity contribution < 1.29 is 9.15 Å². The summed E-state index contributed by atoms with van der Waals surface area (Å²) in [6.07, 6.45) is 7.49. The first-order valence-electron chi connectivity index (χ1n) is 7.55. The van der Waals surface area contributed by atoms with E-state index in [0.29, 0.717) is 6.61 Å². The van der Waals surface area contributed by atoms with Crippen LogP contribution in [0.3, 0.4) is 0 Å². The maximum Gasteiger partial charge on any atom is 0.126 e. The molecule has 1 aromatic heterocycles. The Kier molecular flexibility index (Phi) is 4.86. The van der Waals surface area contributed by atoms with Gasteiger partial charge in [-0.25, -0.2) is 0 Å². The average molecular weight is 318 g/mol. The van der Waals surface area contributed by atoms with Crippen molar-refractivity contribution in [3.8, 4) is 5.75 Å². The van der Waals surface area contributed by atoms with Gasteiger partial charge in [0, 0.05) is 23.7 Å². The maximum atomic E-state index is 6.36. The van der Waals surface area contributed by atoms with Gasteiger partial charge in [-0.2, -0.15) is 0 Å². The van der Waals surface area contributed by atoms with Crippen molar-refractivity contribution in [1.29, 1.82) is 0 Å². The van der Waals surface area contributed by atoms with Gasteiger partial charge in [0.1, 0.15) is 18.1 Å². The fourth-order valence-corrected chi connectivity index (χ4v) is 3.00. The second-order valence-electron chi connectivity index (χ2n) is 5.53. The quantitative estimate of drug-likeness (QED) is 0.850. The molecule has 1 aliphatic heterocycles. The van der Waals surface area contributed by atoms with Gasteiger partial charge in [-0.3, -0.25) is 0 Å². The zero-order valence-electron chi connectivity index (χ0n) is 12.7. The molecule has 0 saturated heterocycles. The number of benzene rings is 1. The number of likely N-dealkylation sites (N-methyl/N-ethyl adjacent to an activating group) is 1. The van der Waals surface area contributed by atoms with Gasteiger partial charge in [-0.15, -0.1) is 0 Å². The van der Waals surface area contributed by atoms with E-state index in [-0.39, 0.29) is 0 Å². The molecule has 22 heavy (non-hydrogen) atoms. The van der Waals surface area contributed by atoms with E-state index < -0.39 is 0 Å². The predicted octanol–water partition coefficient (Wildman–Crippen LogP) is 4.06. The highest BCUT2D eigenvalue weighted by atomic mass is 35.5. The molecule has 0 radical (unpaired) electrons. The van der Waals surface area contributed by atoms with Gasteiger partial charge in [0.15, 0.2) is 0 Å². The molecule has 0 unspecified atom stereocenters. The second kappa shape index (κ2) is 7.03. The molecule has 1 aliphatic rings. The van der Waals surface area contributed by atoms with Crippen molar-refractivity contribution in [1.82, 2.24) is 4.90 Å². The third-order valence-corrected chi connectivity index (χ3v) is 4.33. The van der Waals surface area contributed by atoms with Gasteiger partial charge in [-0.1, -0.05) is 11.6 Å². The number of hydrogen-bond donors (Lipinski definition) is 0. The summed E-state index contributed by atoms with van der Waals surface area (Å²) in [7, 11) is 2.15. The molecule has 1 aromatic carbocycles. The Morgan fingerprint density at radius 2 is 2.05 bits per heavy atom. The highest BCUT2D eigenvalue weighted by Gasteiger charge is 2.17. The summed E-state index contributed by atoms with van der Waals surface area (Å²) in [5.41, 5.74) is 2.49. The molecular formula is C18H20ClNO2. The highest BCUT2D eigenvalue weighted by Crippen LogP contribution is 2.31. The minimum atomic E-state index is 0.518. The van der Waals surface area contributed by atoms with Gasteiger partial charge >= 0.3 is 0 Å². The van der Waals surface area contributed by atoms with Crippen LogP contribution < -0.4 is 4.74 Å². The first-order chi connectivity index (χ1) is 10.7. The van der Waals surface area contributed by atoms with Gasteiger partial charge in [0.05, 0.1) is 6.26 Å². The maximum absolute atomic E-state index is 6.36. The van der Waals surface area contributed by atoms with Crippen molar-refractivity contribution >= 4 is 17.7 Å². The lowest BCUT2D eigenvalue weighted by molar-refractivity contribution is 0.344. The number of halogens is 1. The van der Waals surface area contributed by atoms with E-state index in [1.807, 2.05) is 36.4 Å². The molecule has 3 nitrogen and oxygen atoms in total. The Balaban J connectivity index is 1.71. The first kappa shape index (κ1) is 15.2. The largest absolute Gasteiger partial charge is 0.489 e. The first-order valence-corrected chi connectivity index (χ1v) is 7.93. The number of ether oxygens (including phenoxy) is 1. The van der Waals surface area contributed by atoms with E-state index in [0.717, 1.165) is 42.5 Å². The molecular weight excluding hydrogens is 298 g/mol. The zero-order valence-corrected chi connectivity index (χ0v) is 13.5. The molecule has 0 bridgehead atoms. The summed E-state index contributed by atoms with van der Waals surface area (Å²) < 4.78 is 11.2. The van der Waals surface area contributed by atoms with Crippen LogP contribution in [-0.4, -0.2) is 31.6 Å². The topological polar surface area (TPSA) is 25.6 Å². The number of fused-ring (bicyclic) bond motifs is 1. The van der Waals surface area contributed by atoms with Gasteiger partial charge < -0.3 is 14.1 Å². The molecule has 0 saturated carbocycles. The van der Waals surface area contributed by atoms with Crippen LogP contribution in [-0.2, 0) is 12.8 Å². The lowest BCUT2D eigenvalue weighted by atomic mass is 10.0. The van der Waals surface area contributed by atoms with Crippen molar-refractivity contribution in [3.05, 3.63) is 58.5 Å². The monoisotopic (exact) mass is 317 g/mol. The molecule has 116 valence electrons. The molecule has 0 aliphatic carbocycles. The number of furan rings is 1. The van der Waals surface area contributed by atoms with Crippen molar-refractivity contribution in [2.45, 2.75) is 12.8 Å². The highest BCUT2D eigenvalue weighted by molar-refractivity contribution is 6.31. The summed E-state index contributed by atoms with van der Waals surface area (Å²) >= 11 is 6.36. The van der Waals surface area contributed by atoms with Crippen molar-refractivity contribution in [2.24, 2.45) is 0 Å². The van der Waals surface area contributed by atoms with Crippen LogP contribution >= 0.6 is 11.6 Å². The van der Waals surface area contributed by atoms with Crippen LogP contribution in [0.4, 0.5) is 0 Å². The van der Waals surface area contributed by atoms with E-state index in [2.05, 4.69) is 11.9 Å². The van der Waals surface area contributed by atoms with E-state index in [4.69, 9.17) is 20.8 Å². The SMILES string of the molecule is CN1CCc2c(Cl)ccc(OCC=Cc3ccco3)c2CC1. The fraction of sp³-hybridized carbons (Fsp3) is 0.333. The Hall–Kier alpha value is -1.71. The van der Waals surface area contributed by atoms with Crippen LogP contribution in [0.1, 0.15) is 16.9 Å². The molecule has 0 N–H and O–H groups in total. The summed E-state index contributed by atoms with van der Waals surface area (Å²) in [6.45, 7) is 2.59. The molecule has 2 heterocycles. The van der Waals surface area contributed by atoms with Gasteiger partial charge in [0.25, 0.3) is 0 Å². The number of nitrogens with zero attached hydrogens (tertiary/aromatic N) is 1. The normalized spacial score (nSPS) is 15.7. The Morgan fingerprint density at radius 3 is 2.82 bits per heavy atom. The standard InChI is InChI=1S/C18H20ClNO2/c1-20-10-8-15-16(9-11-20)18(7-6-17(15)19)22-13-3-5-14-4-2-12-21-14/h2-7,12H,8-11,13H2,1H3. The summed E-state index contributed by atoms with van der Waals surface area (Å²) in [5, 5.41) is 0.851. The van der Waals surface area contributed by atoms with Crippen LogP contribution in [0, 0.1) is 0 Å². The third-order valence-electron chi connectivity index (χ3n) is 3.98. The zero-order chi connectivity index (χ0) is 15.4. The van der Waals surface area contributed by atoms with Crippen LogP contribution in [0.2, 0.25) is 5.02 Å².